The SMILES string of the molecule is CN=C(NCc1ccc(C)cc1OC1CCCC1)NCc1nnc2n1CCC2. The first-order chi connectivity index (χ1) is 13.7. The van der Waals surface area contributed by atoms with Crippen molar-refractivity contribution in [3.8, 4) is 5.75 Å². The maximum absolute atomic E-state index is 6.30. The van der Waals surface area contributed by atoms with Gasteiger partial charge in [-0.1, -0.05) is 12.1 Å². The summed E-state index contributed by atoms with van der Waals surface area (Å²) >= 11 is 0. The molecular formula is C21H30N6O. The monoisotopic (exact) mass is 382 g/mol. The van der Waals surface area contributed by atoms with Crippen LogP contribution in [0.4, 0.5) is 0 Å². The van der Waals surface area contributed by atoms with Crippen molar-refractivity contribution >= 4 is 5.96 Å². The smallest absolute Gasteiger partial charge is 0.191 e. The molecule has 4 rings (SSSR count). The fourth-order valence-electron chi connectivity index (χ4n) is 4.01. The van der Waals surface area contributed by atoms with Crippen molar-refractivity contribution in [2.45, 2.75) is 71.2 Å². The molecule has 28 heavy (non-hydrogen) atoms. The van der Waals surface area contributed by atoms with E-state index in [0.717, 1.165) is 61.1 Å². The molecule has 7 nitrogen and oxygen atoms in total. The number of aryl methyl sites for hydroxylation is 2. The van der Waals surface area contributed by atoms with Crippen molar-refractivity contribution in [3.63, 3.8) is 0 Å². The van der Waals surface area contributed by atoms with Crippen molar-refractivity contribution in [2.75, 3.05) is 7.05 Å². The largest absolute Gasteiger partial charge is 0.490 e. The van der Waals surface area contributed by atoms with Crippen LogP contribution in [0.15, 0.2) is 23.2 Å². The van der Waals surface area contributed by atoms with Crippen molar-refractivity contribution in [1.82, 2.24) is 25.4 Å². The summed E-state index contributed by atoms with van der Waals surface area (Å²) in [7, 11) is 1.79. The predicted molar refractivity (Wildman–Crippen MR) is 109 cm³/mol. The lowest BCUT2D eigenvalue weighted by atomic mass is 10.1. The standard InChI is InChI=1S/C21H30N6O/c1-15-9-10-16(18(12-15)28-17-6-3-4-7-17)13-23-21(22-2)24-14-20-26-25-19-8-5-11-27(19)20/h9-10,12,17H,3-8,11,13-14H2,1-2H3,(H2,22,23,24). The van der Waals surface area contributed by atoms with Crippen LogP contribution in [0.2, 0.25) is 0 Å². The Morgan fingerprint density at radius 1 is 1.18 bits per heavy atom. The number of hydrogen-bond acceptors (Lipinski definition) is 4. The van der Waals surface area contributed by atoms with Crippen molar-refractivity contribution in [2.24, 2.45) is 4.99 Å². The summed E-state index contributed by atoms with van der Waals surface area (Å²) in [5.74, 6) is 3.80. The van der Waals surface area contributed by atoms with Gasteiger partial charge in [0.25, 0.3) is 0 Å². The maximum Gasteiger partial charge on any atom is 0.191 e. The highest BCUT2D eigenvalue weighted by Gasteiger charge is 2.19. The number of aliphatic imine (C=N–C) groups is 1. The number of rotatable bonds is 6. The summed E-state index contributed by atoms with van der Waals surface area (Å²) in [5, 5.41) is 15.3. The summed E-state index contributed by atoms with van der Waals surface area (Å²) in [5.41, 5.74) is 2.38. The lowest BCUT2D eigenvalue weighted by Gasteiger charge is -2.18. The maximum atomic E-state index is 6.30. The molecule has 1 saturated carbocycles. The second-order valence-corrected chi connectivity index (χ2v) is 7.70. The summed E-state index contributed by atoms with van der Waals surface area (Å²) in [6, 6.07) is 6.42. The van der Waals surface area contributed by atoms with Crippen LogP contribution >= 0.6 is 0 Å². The van der Waals surface area contributed by atoms with Gasteiger partial charge in [-0.3, -0.25) is 4.99 Å². The summed E-state index contributed by atoms with van der Waals surface area (Å²) in [4.78, 5) is 4.34. The topological polar surface area (TPSA) is 76.4 Å². The Morgan fingerprint density at radius 2 is 2.00 bits per heavy atom. The minimum atomic E-state index is 0.355. The molecule has 1 aromatic heterocycles. The lowest BCUT2D eigenvalue weighted by Crippen LogP contribution is -2.37. The van der Waals surface area contributed by atoms with E-state index >= 15 is 0 Å². The number of aromatic nitrogens is 3. The highest BCUT2D eigenvalue weighted by molar-refractivity contribution is 5.79. The van der Waals surface area contributed by atoms with Crippen LogP contribution in [0.5, 0.6) is 5.75 Å². The molecule has 2 aromatic rings. The molecule has 0 saturated heterocycles. The van der Waals surface area contributed by atoms with Gasteiger partial charge in [0.1, 0.15) is 11.6 Å². The van der Waals surface area contributed by atoms with Crippen LogP contribution in [-0.4, -0.2) is 33.9 Å². The number of nitrogens with one attached hydrogen (secondary N) is 2. The summed E-state index contributed by atoms with van der Waals surface area (Å²) in [6.07, 6.45) is 7.39. The molecule has 2 aliphatic rings. The first-order valence-electron chi connectivity index (χ1n) is 10.3. The van der Waals surface area contributed by atoms with E-state index in [1.807, 2.05) is 0 Å². The van der Waals surface area contributed by atoms with Gasteiger partial charge in [0.15, 0.2) is 11.8 Å². The minimum Gasteiger partial charge on any atom is -0.490 e. The Balaban J connectivity index is 1.35. The molecule has 0 bridgehead atoms. The van der Waals surface area contributed by atoms with E-state index in [4.69, 9.17) is 4.74 Å². The third-order valence-corrected chi connectivity index (χ3v) is 5.59. The minimum absolute atomic E-state index is 0.355. The number of benzene rings is 1. The molecule has 0 spiro atoms. The van der Waals surface area contributed by atoms with E-state index in [9.17, 15) is 0 Å². The Labute approximate surface area is 166 Å². The second-order valence-electron chi connectivity index (χ2n) is 7.70. The zero-order valence-electron chi connectivity index (χ0n) is 16.9. The van der Waals surface area contributed by atoms with E-state index in [2.05, 4.69) is 55.5 Å². The van der Waals surface area contributed by atoms with Gasteiger partial charge >= 0.3 is 0 Å². The van der Waals surface area contributed by atoms with Gasteiger partial charge in [-0.2, -0.15) is 0 Å². The van der Waals surface area contributed by atoms with Crippen LogP contribution in [-0.2, 0) is 26.1 Å². The molecule has 1 aliphatic carbocycles. The van der Waals surface area contributed by atoms with Crippen molar-refractivity contribution in [3.05, 3.63) is 41.0 Å². The molecule has 0 atom stereocenters. The van der Waals surface area contributed by atoms with Crippen LogP contribution < -0.4 is 15.4 Å². The van der Waals surface area contributed by atoms with Crippen LogP contribution in [0.1, 0.15) is 54.9 Å². The predicted octanol–water partition coefficient (Wildman–Crippen LogP) is 2.72. The second kappa shape index (κ2) is 8.63. The molecule has 2 N–H and O–H groups in total. The van der Waals surface area contributed by atoms with Crippen molar-refractivity contribution < 1.29 is 4.74 Å². The van der Waals surface area contributed by atoms with E-state index < -0.39 is 0 Å². The van der Waals surface area contributed by atoms with Crippen LogP contribution in [0, 0.1) is 6.92 Å². The lowest BCUT2D eigenvalue weighted by molar-refractivity contribution is 0.207. The molecule has 7 heteroatoms. The highest BCUT2D eigenvalue weighted by atomic mass is 16.5. The Bertz CT molecular complexity index is 837. The van der Waals surface area contributed by atoms with Crippen LogP contribution in [0.3, 0.4) is 0 Å². The first kappa shape index (κ1) is 18.8. The fourth-order valence-corrected chi connectivity index (χ4v) is 4.01. The molecule has 1 aromatic carbocycles. The van der Waals surface area contributed by atoms with Gasteiger partial charge in [-0.05, 0) is 50.7 Å². The number of fused-ring (bicyclic) bond motifs is 1. The Kier molecular flexibility index (Phi) is 5.78. The molecule has 2 heterocycles. The molecule has 0 unspecified atom stereocenters. The summed E-state index contributed by atoms with van der Waals surface area (Å²) in [6.45, 7) is 4.40. The van der Waals surface area contributed by atoms with Gasteiger partial charge in [0.2, 0.25) is 0 Å². The van der Waals surface area contributed by atoms with E-state index in [1.165, 1.54) is 18.4 Å². The number of ether oxygens (including phenoxy) is 1. The third kappa shape index (κ3) is 4.29. The molecule has 0 radical (unpaired) electrons. The first-order valence-corrected chi connectivity index (χ1v) is 10.3. The Hall–Kier alpha value is -2.57. The number of guanidine groups is 1. The van der Waals surface area contributed by atoms with E-state index in [1.54, 1.807) is 7.05 Å². The van der Waals surface area contributed by atoms with Gasteiger partial charge in [0, 0.05) is 32.1 Å². The zero-order valence-corrected chi connectivity index (χ0v) is 16.9. The van der Waals surface area contributed by atoms with E-state index in [0.29, 0.717) is 19.2 Å². The summed E-state index contributed by atoms with van der Waals surface area (Å²) < 4.78 is 8.50. The molecule has 0 amide bonds. The zero-order chi connectivity index (χ0) is 19.3. The van der Waals surface area contributed by atoms with Crippen molar-refractivity contribution in [1.29, 1.82) is 0 Å². The molecular weight excluding hydrogens is 352 g/mol. The van der Waals surface area contributed by atoms with Gasteiger partial charge in [-0.25, -0.2) is 0 Å². The average Bonchev–Trinajstić information content (AvgIpc) is 3.42. The number of nitrogens with zero attached hydrogens (tertiary/aromatic N) is 4. The normalized spacial score (nSPS) is 17.0. The van der Waals surface area contributed by atoms with Gasteiger partial charge < -0.3 is 19.9 Å². The van der Waals surface area contributed by atoms with Gasteiger partial charge in [-0.15, -0.1) is 10.2 Å². The number of hydrogen-bond donors (Lipinski definition) is 2. The molecule has 1 fully saturated rings. The molecule has 1 aliphatic heterocycles. The Morgan fingerprint density at radius 3 is 2.82 bits per heavy atom. The highest BCUT2D eigenvalue weighted by Crippen LogP contribution is 2.27. The fraction of sp³-hybridized carbons (Fsp3) is 0.571. The quantitative estimate of drug-likeness (QED) is 0.593. The molecule has 150 valence electrons. The average molecular weight is 383 g/mol. The van der Waals surface area contributed by atoms with Gasteiger partial charge in [0.05, 0.1) is 12.6 Å². The third-order valence-electron chi connectivity index (χ3n) is 5.59. The van der Waals surface area contributed by atoms with E-state index in [-0.39, 0.29) is 0 Å². The van der Waals surface area contributed by atoms with Crippen LogP contribution in [0.25, 0.3) is 0 Å².